The molecule has 0 aromatic carbocycles. The lowest BCUT2D eigenvalue weighted by Gasteiger charge is -2.21. The van der Waals surface area contributed by atoms with Gasteiger partial charge in [-0.2, -0.15) is 4.98 Å². The monoisotopic (exact) mass is 228 g/mol. The summed E-state index contributed by atoms with van der Waals surface area (Å²) in [5, 5.41) is 9.76. The van der Waals surface area contributed by atoms with E-state index < -0.39 is 0 Å². The van der Waals surface area contributed by atoms with Gasteiger partial charge in [0.1, 0.15) is 0 Å². The van der Waals surface area contributed by atoms with E-state index in [1.54, 1.807) is 4.57 Å². The summed E-state index contributed by atoms with van der Waals surface area (Å²) in [7, 11) is 0. The topological polar surface area (TPSA) is 55.1 Å². The average molecular weight is 228 g/mol. The second-order valence-corrected chi connectivity index (χ2v) is 5.36. The van der Waals surface area contributed by atoms with Gasteiger partial charge in [-0.3, -0.25) is 9.36 Å². The van der Waals surface area contributed by atoms with Crippen LogP contribution in [-0.4, -0.2) is 20.9 Å². The molecule has 0 spiro atoms. The molecule has 0 bridgehead atoms. The molecule has 1 aromatic heterocycles. The van der Waals surface area contributed by atoms with Gasteiger partial charge in [-0.15, -0.1) is 0 Å². The molecule has 0 aliphatic rings. The lowest BCUT2D eigenvalue weighted by molar-refractivity contribution is 0.316. The van der Waals surface area contributed by atoms with Crippen molar-refractivity contribution < 1.29 is 5.11 Å². The number of hydrogen-bond acceptors (Lipinski definition) is 4. The first kappa shape index (κ1) is 12.1. The highest BCUT2D eigenvalue weighted by Gasteiger charge is 2.15. The molecular formula is C10H16N2O2S. The third kappa shape index (κ3) is 3.27. The van der Waals surface area contributed by atoms with E-state index in [1.165, 1.54) is 11.8 Å². The zero-order valence-electron chi connectivity index (χ0n) is 9.44. The van der Waals surface area contributed by atoms with Crippen molar-refractivity contribution in [3.8, 4) is 5.88 Å². The van der Waals surface area contributed by atoms with Crippen molar-refractivity contribution in [2.24, 2.45) is 5.41 Å². The van der Waals surface area contributed by atoms with Gasteiger partial charge < -0.3 is 5.11 Å². The first-order valence-corrected chi connectivity index (χ1v) is 5.91. The van der Waals surface area contributed by atoms with Crippen molar-refractivity contribution >= 4 is 11.8 Å². The second-order valence-electron chi connectivity index (χ2n) is 4.59. The van der Waals surface area contributed by atoms with Crippen molar-refractivity contribution in [3.05, 3.63) is 16.4 Å². The van der Waals surface area contributed by atoms with Crippen molar-refractivity contribution in [1.82, 2.24) is 9.55 Å². The normalized spacial score (nSPS) is 11.7. The van der Waals surface area contributed by atoms with Crippen LogP contribution < -0.4 is 5.56 Å². The Morgan fingerprint density at radius 3 is 2.60 bits per heavy atom. The Kier molecular flexibility index (Phi) is 3.44. The Balaban J connectivity index is 3.22. The molecule has 0 atom stereocenters. The van der Waals surface area contributed by atoms with E-state index in [0.29, 0.717) is 11.7 Å². The molecule has 84 valence electrons. The number of aromatic hydroxyl groups is 1. The fourth-order valence-corrected chi connectivity index (χ4v) is 1.81. The quantitative estimate of drug-likeness (QED) is 0.618. The van der Waals surface area contributed by atoms with Gasteiger partial charge in [0, 0.05) is 6.54 Å². The summed E-state index contributed by atoms with van der Waals surface area (Å²) >= 11 is 1.36. The zero-order valence-corrected chi connectivity index (χ0v) is 10.3. The summed E-state index contributed by atoms with van der Waals surface area (Å²) in [6.45, 7) is 6.75. The highest BCUT2D eigenvalue weighted by atomic mass is 32.2. The van der Waals surface area contributed by atoms with Crippen LogP contribution in [0.2, 0.25) is 0 Å². The largest absolute Gasteiger partial charge is 0.493 e. The van der Waals surface area contributed by atoms with E-state index in [4.69, 9.17) is 0 Å². The summed E-state index contributed by atoms with van der Waals surface area (Å²) < 4.78 is 1.59. The molecule has 0 amide bonds. The number of nitrogens with zero attached hydrogens (tertiary/aromatic N) is 2. The first-order valence-electron chi connectivity index (χ1n) is 4.68. The van der Waals surface area contributed by atoms with Crippen LogP contribution in [0, 0.1) is 5.41 Å². The minimum Gasteiger partial charge on any atom is -0.493 e. The summed E-state index contributed by atoms with van der Waals surface area (Å²) in [6, 6.07) is 1.14. The Hall–Kier alpha value is -0.970. The number of hydrogen-bond donors (Lipinski definition) is 1. The van der Waals surface area contributed by atoms with Crippen LogP contribution in [-0.2, 0) is 6.54 Å². The van der Waals surface area contributed by atoms with Crippen molar-refractivity contribution in [2.45, 2.75) is 32.5 Å². The van der Waals surface area contributed by atoms with E-state index in [9.17, 15) is 9.90 Å². The maximum Gasteiger partial charge on any atom is 0.257 e. The third-order valence-corrected chi connectivity index (χ3v) is 2.45. The minimum atomic E-state index is -0.213. The molecule has 5 heteroatoms. The van der Waals surface area contributed by atoms with Gasteiger partial charge in [0.2, 0.25) is 5.88 Å². The minimum absolute atomic E-state index is 0.00690. The molecule has 1 heterocycles. The fraction of sp³-hybridized carbons (Fsp3) is 0.600. The molecule has 1 rings (SSSR count). The van der Waals surface area contributed by atoms with Gasteiger partial charge in [0.05, 0.1) is 6.07 Å². The Morgan fingerprint density at radius 2 is 2.13 bits per heavy atom. The van der Waals surface area contributed by atoms with E-state index in [2.05, 4.69) is 25.8 Å². The van der Waals surface area contributed by atoms with Gasteiger partial charge in [-0.1, -0.05) is 32.5 Å². The number of aromatic nitrogens is 2. The van der Waals surface area contributed by atoms with Crippen LogP contribution in [0.15, 0.2) is 16.0 Å². The van der Waals surface area contributed by atoms with E-state index in [1.807, 2.05) is 6.26 Å². The first-order chi connectivity index (χ1) is 6.83. The molecule has 0 saturated heterocycles. The van der Waals surface area contributed by atoms with Crippen LogP contribution >= 0.6 is 11.8 Å². The molecule has 1 aromatic rings. The molecule has 1 N–H and O–H groups in total. The van der Waals surface area contributed by atoms with Crippen LogP contribution in [0.4, 0.5) is 0 Å². The lowest BCUT2D eigenvalue weighted by Crippen LogP contribution is -2.28. The maximum atomic E-state index is 11.6. The van der Waals surface area contributed by atoms with Crippen molar-refractivity contribution in [1.29, 1.82) is 0 Å². The summed E-state index contributed by atoms with van der Waals surface area (Å²) in [4.78, 5) is 15.6. The zero-order chi connectivity index (χ0) is 11.6. The predicted molar refractivity (Wildman–Crippen MR) is 61.4 cm³/mol. The Bertz CT molecular complexity index is 407. The molecule has 15 heavy (non-hydrogen) atoms. The molecule has 4 nitrogen and oxygen atoms in total. The van der Waals surface area contributed by atoms with Gasteiger partial charge in [0.15, 0.2) is 5.16 Å². The van der Waals surface area contributed by atoms with Gasteiger partial charge in [-0.25, -0.2) is 0 Å². The average Bonchev–Trinajstić information content (AvgIpc) is 2.07. The van der Waals surface area contributed by atoms with Crippen LogP contribution in [0.25, 0.3) is 0 Å². The molecule has 0 radical (unpaired) electrons. The molecule has 0 fully saturated rings. The summed E-state index contributed by atoms with van der Waals surface area (Å²) in [6.07, 6.45) is 1.83. The van der Waals surface area contributed by atoms with E-state index in [-0.39, 0.29) is 16.9 Å². The van der Waals surface area contributed by atoms with Crippen LogP contribution in [0.3, 0.4) is 0 Å². The van der Waals surface area contributed by atoms with E-state index in [0.717, 1.165) is 6.07 Å². The lowest BCUT2D eigenvalue weighted by atomic mass is 9.97. The van der Waals surface area contributed by atoms with Crippen LogP contribution in [0.5, 0.6) is 5.88 Å². The van der Waals surface area contributed by atoms with Gasteiger partial charge >= 0.3 is 0 Å². The smallest absolute Gasteiger partial charge is 0.257 e. The SMILES string of the molecule is CSc1nc(O)cc(=O)n1CC(C)(C)C. The standard InChI is InChI=1S/C10H16N2O2S/c1-10(2,3)6-12-8(14)5-7(13)11-9(12)15-4/h5,13H,6H2,1-4H3. The highest BCUT2D eigenvalue weighted by Crippen LogP contribution is 2.20. The molecule has 0 unspecified atom stereocenters. The van der Waals surface area contributed by atoms with Gasteiger partial charge in [-0.05, 0) is 11.7 Å². The third-order valence-electron chi connectivity index (χ3n) is 1.77. The van der Waals surface area contributed by atoms with Crippen molar-refractivity contribution in [2.75, 3.05) is 6.26 Å². The van der Waals surface area contributed by atoms with Crippen LogP contribution in [0.1, 0.15) is 20.8 Å². The number of thioether (sulfide) groups is 1. The predicted octanol–water partition coefficient (Wildman–Crippen LogP) is 1.72. The maximum absolute atomic E-state index is 11.6. The fourth-order valence-electron chi connectivity index (χ4n) is 1.25. The molecule has 0 aliphatic heterocycles. The highest BCUT2D eigenvalue weighted by molar-refractivity contribution is 7.98. The summed E-state index contributed by atoms with van der Waals surface area (Å²) in [5.74, 6) is -0.213. The Morgan fingerprint density at radius 1 is 1.53 bits per heavy atom. The molecule has 0 aliphatic carbocycles. The van der Waals surface area contributed by atoms with Crippen molar-refractivity contribution in [3.63, 3.8) is 0 Å². The second kappa shape index (κ2) is 4.26. The molecular weight excluding hydrogens is 212 g/mol. The Labute approximate surface area is 93.3 Å². The number of rotatable bonds is 2. The summed E-state index contributed by atoms with van der Waals surface area (Å²) in [5.41, 5.74) is -0.200. The molecule has 0 saturated carbocycles. The van der Waals surface area contributed by atoms with E-state index >= 15 is 0 Å². The van der Waals surface area contributed by atoms with Gasteiger partial charge in [0.25, 0.3) is 5.56 Å².